The highest BCUT2D eigenvalue weighted by atomic mass is 32.2. The molecule has 0 unspecified atom stereocenters. The Hall–Kier alpha value is -2.78. The van der Waals surface area contributed by atoms with Gasteiger partial charge >= 0.3 is 6.03 Å². The average molecular weight is 460 g/mol. The minimum Gasteiger partial charge on any atom is -0.497 e. The van der Waals surface area contributed by atoms with Crippen LogP contribution in [-0.2, 0) is 16.6 Å². The Morgan fingerprint density at radius 2 is 1.66 bits per heavy atom. The first-order chi connectivity index (χ1) is 15.4. The van der Waals surface area contributed by atoms with E-state index in [1.54, 1.807) is 12.1 Å². The number of hydrogen-bond donors (Lipinski definition) is 0. The Morgan fingerprint density at radius 1 is 0.938 bits per heavy atom. The van der Waals surface area contributed by atoms with Gasteiger partial charge in [-0.05, 0) is 30.5 Å². The van der Waals surface area contributed by atoms with Gasteiger partial charge in [-0.15, -0.1) is 0 Å². The Kier molecular flexibility index (Phi) is 6.57. The van der Waals surface area contributed by atoms with E-state index in [4.69, 9.17) is 9.47 Å². The quantitative estimate of drug-likeness (QED) is 0.636. The number of rotatable bonds is 7. The van der Waals surface area contributed by atoms with Gasteiger partial charge in [-0.2, -0.15) is 4.31 Å². The topological polar surface area (TPSA) is 79.4 Å². The summed E-state index contributed by atoms with van der Waals surface area (Å²) in [7, 11) is -0.785. The molecule has 0 aliphatic carbocycles. The van der Waals surface area contributed by atoms with Crippen LogP contribution in [0.25, 0.3) is 0 Å². The molecular formula is C23H29N3O5S. The van der Waals surface area contributed by atoms with Crippen molar-refractivity contribution >= 4 is 16.1 Å². The molecule has 172 valence electrons. The van der Waals surface area contributed by atoms with Crippen molar-refractivity contribution in [2.45, 2.75) is 30.3 Å². The number of urea groups is 1. The molecule has 2 aliphatic heterocycles. The third kappa shape index (κ3) is 4.40. The summed E-state index contributed by atoms with van der Waals surface area (Å²) in [5, 5.41) is 0. The number of nitrogens with zero attached hydrogens (tertiary/aromatic N) is 3. The summed E-state index contributed by atoms with van der Waals surface area (Å²) in [6.45, 7) is 2.67. The van der Waals surface area contributed by atoms with E-state index in [-0.39, 0.29) is 17.0 Å². The zero-order valence-electron chi connectivity index (χ0n) is 18.4. The fraction of sp³-hybridized carbons (Fsp3) is 0.435. The van der Waals surface area contributed by atoms with Crippen LogP contribution in [0.2, 0.25) is 0 Å². The van der Waals surface area contributed by atoms with Crippen molar-refractivity contribution in [3.05, 3.63) is 54.1 Å². The number of amides is 2. The van der Waals surface area contributed by atoms with Gasteiger partial charge in [0.1, 0.15) is 16.4 Å². The van der Waals surface area contributed by atoms with Gasteiger partial charge in [0.05, 0.1) is 14.2 Å². The van der Waals surface area contributed by atoms with Crippen molar-refractivity contribution in [1.29, 1.82) is 0 Å². The van der Waals surface area contributed by atoms with Crippen LogP contribution in [0.5, 0.6) is 11.5 Å². The standard InChI is InChI=1S/C23H29N3O5S/c1-30-20-8-9-21(31-2)22(16-20)32(28,29)25-12-10-19(11-13-25)26-15-14-24(23(26)27)17-18-6-4-3-5-7-18/h3-9,16,19H,10-15,17H2,1-2H3. The van der Waals surface area contributed by atoms with E-state index in [2.05, 4.69) is 0 Å². The summed E-state index contributed by atoms with van der Waals surface area (Å²) in [5.74, 6) is 0.750. The van der Waals surface area contributed by atoms with E-state index in [1.807, 2.05) is 40.1 Å². The highest BCUT2D eigenvalue weighted by Crippen LogP contribution is 2.33. The van der Waals surface area contributed by atoms with E-state index in [0.29, 0.717) is 57.1 Å². The minimum atomic E-state index is -3.73. The third-order valence-corrected chi connectivity index (χ3v) is 8.12. The number of benzene rings is 2. The highest BCUT2D eigenvalue weighted by molar-refractivity contribution is 7.89. The van der Waals surface area contributed by atoms with Crippen molar-refractivity contribution in [1.82, 2.24) is 14.1 Å². The summed E-state index contributed by atoms with van der Waals surface area (Å²) >= 11 is 0. The largest absolute Gasteiger partial charge is 0.497 e. The molecule has 0 bridgehead atoms. The predicted octanol–water partition coefficient (Wildman–Crippen LogP) is 2.79. The Morgan fingerprint density at radius 3 is 2.31 bits per heavy atom. The number of carbonyl (C=O) groups is 1. The Bertz CT molecular complexity index is 1050. The number of methoxy groups -OCH3 is 2. The molecule has 2 saturated heterocycles. The molecule has 2 fully saturated rings. The smallest absolute Gasteiger partial charge is 0.320 e. The Balaban J connectivity index is 1.41. The molecule has 0 spiro atoms. The molecule has 8 nitrogen and oxygen atoms in total. The second-order valence-electron chi connectivity index (χ2n) is 8.04. The molecule has 4 rings (SSSR count). The van der Waals surface area contributed by atoms with Crippen LogP contribution >= 0.6 is 0 Å². The number of piperidine rings is 1. The van der Waals surface area contributed by atoms with Crippen molar-refractivity contribution in [3.63, 3.8) is 0 Å². The van der Waals surface area contributed by atoms with Crippen molar-refractivity contribution < 1.29 is 22.7 Å². The second-order valence-corrected chi connectivity index (χ2v) is 9.94. The average Bonchev–Trinajstić information content (AvgIpc) is 3.19. The molecule has 0 radical (unpaired) electrons. The maximum absolute atomic E-state index is 13.3. The zero-order valence-corrected chi connectivity index (χ0v) is 19.3. The van der Waals surface area contributed by atoms with Crippen molar-refractivity contribution in [2.75, 3.05) is 40.4 Å². The summed E-state index contributed by atoms with van der Waals surface area (Å²) in [6.07, 6.45) is 1.22. The molecular weight excluding hydrogens is 430 g/mol. The molecule has 2 amide bonds. The summed E-state index contributed by atoms with van der Waals surface area (Å²) in [6, 6.07) is 14.8. The van der Waals surface area contributed by atoms with Gasteiger partial charge in [0.15, 0.2) is 0 Å². The van der Waals surface area contributed by atoms with E-state index in [9.17, 15) is 13.2 Å². The lowest BCUT2D eigenvalue weighted by molar-refractivity contribution is 0.153. The first-order valence-corrected chi connectivity index (χ1v) is 12.2. The normalized spacial score (nSPS) is 18.2. The first kappa shape index (κ1) is 22.4. The molecule has 0 aromatic heterocycles. The molecule has 2 aliphatic rings. The van der Waals surface area contributed by atoms with Crippen LogP contribution < -0.4 is 9.47 Å². The molecule has 32 heavy (non-hydrogen) atoms. The molecule has 2 heterocycles. The van der Waals surface area contributed by atoms with Gasteiger partial charge in [-0.25, -0.2) is 13.2 Å². The summed E-state index contributed by atoms with van der Waals surface area (Å²) < 4.78 is 38.5. The lowest BCUT2D eigenvalue weighted by atomic mass is 10.1. The summed E-state index contributed by atoms with van der Waals surface area (Å²) in [5.41, 5.74) is 1.11. The lowest BCUT2D eigenvalue weighted by Crippen LogP contribution is -2.48. The van der Waals surface area contributed by atoms with Crippen LogP contribution in [0.1, 0.15) is 18.4 Å². The van der Waals surface area contributed by atoms with Crippen molar-refractivity contribution in [3.8, 4) is 11.5 Å². The van der Waals surface area contributed by atoms with Gasteiger partial charge in [0.2, 0.25) is 10.0 Å². The first-order valence-electron chi connectivity index (χ1n) is 10.8. The monoisotopic (exact) mass is 459 g/mol. The van der Waals surface area contributed by atoms with Crippen LogP contribution in [0.15, 0.2) is 53.4 Å². The molecule has 2 aromatic rings. The summed E-state index contributed by atoms with van der Waals surface area (Å²) in [4.78, 5) is 16.8. The van der Waals surface area contributed by atoms with Gasteiger partial charge in [0, 0.05) is 44.8 Å². The van der Waals surface area contributed by atoms with Crippen LogP contribution in [-0.4, -0.2) is 75.0 Å². The van der Waals surface area contributed by atoms with Crippen LogP contribution in [0, 0.1) is 0 Å². The van der Waals surface area contributed by atoms with Crippen molar-refractivity contribution in [2.24, 2.45) is 0 Å². The minimum absolute atomic E-state index is 0.0321. The van der Waals surface area contributed by atoms with Crippen LogP contribution in [0.4, 0.5) is 4.79 Å². The number of ether oxygens (including phenoxy) is 2. The van der Waals surface area contributed by atoms with Gasteiger partial charge in [-0.3, -0.25) is 0 Å². The highest BCUT2D eigenvalue weighted by Gasteiger charge is 2.38. The van der Waals surface area contributed by atoms with E-state index < -0.39 is 10.0 Å². The lowest BCUT2D eigenvalue weighted by Gasteiger charge is -2.36. The van der Waals surface area contributed by atoms with Gasteiger partial charge in [0.25, 0.3) is 0 Å². The SMILES string of the molecule is COc1ccc(OC)c(S(=O)(=O)N2CCC(N3CCN(Cc4ccccc4)C3=O)CC2)c1. The fourth-order valence-corrected chi connectivity index (χ4v) is 6.05. The molecule has 2 aromatic carbocycles. The predicted molar refractivity (Wildman–Crippen MR) is 120 cm³/mol. The molecule has 0 N–H and O–H groups in total. The van der Waals surface area contributed by atoms with Crippen LogP contribution in [0.3, 0.4) is 0 Å². The number of sulfonamides is 1. The third-order valence-electron chi connectivity index (χ3n) is 6.20. The fourth-order valence-electron chi connectivity index (χ4n) is 4.41. The van der Waals surface area contributed by atoms with E-state index >= 15 is 0 Å². The number of hydrogen-bond acceptors (Lipinski definition) is 5. The second kappa shape index (κ2) is 9.38. The molecule has 9 heteroatoms. The zero-order chi connectivity index (χ0) is 22.7. The number of carbonyl (C=O) groups excluding carboxylic acids is 1. The maximum atomic E-state index is 13.3. The van der Waals surface area contributed by atoms with Gasteiger partial charge in [-0.1, -0.05) is 30.3 Å². The van der Waals surface area contributed by atoms with E-state index in [0.717, 1.165) is 5.56 Å². The van der Waals surface area contributed by atoms with Gasteiger partial charge < -0.3 is 19.3 Å². The molecule has 0 atom stereocenters. The van der Waals surface area contributed by atoms with E-state index in [1.165, 1.54) is 24.6 Å². The Labute approximate surface area is 189 Å². The molecule has 0 saturated carbocycles. The maximum Gasteiger partial charge on any atom is 0.320 e.